The number of halogens is 1. The summed E-state index contributed by atoms with van der Waals surface area (Å²) in [5, 5.41) is 0. The molecule has 8 heteroatoms. The first-order valence-corrected chi connectivity index (χ1v) is 4.69. The van der Waals surface area contributed by atoms with E-state index in [-0.39, 0.29) is 22.5 Å². The van der Waals surface area contributed by atoms with Crippen molar-refractivity contribution < 1.29 is 13.0 Å². The van der Waals surface area contributed by atoms with Crippen LogP contribution in [0.3, 0.4) is 0 Å². The van der Waals surface area contributed by atoms with Crippen LogP contribution in [-0.2, 0) is 10.3 Å². The number of rotatable bonds is 2. The molecule has 5 N–H and O–H groups in total. The Labute approximate surface area is 87.8 Å². The number of hydrogen-bond acceptors (Lipinski definition) is 4. The highest BCUT2D eigenvalue weighted by atomic mass is 35.5. The van der Waals surface area contributed by atoms with Gasteiger partial charge in [-0.05, 0) is 24.3 Å². The van der Waals surface area contributed by atoms with Crippen LogP contribution in [0.2, 0.25) is 0 Å². The molecule has 0 bridgehead atoms. The molecule has 1 aromatic carbocycles. The van der Waals surface area contributed by atoms with Crippen LogP contribution in [0.25, 0.3) is 0 Å². The van der Waals surface area contributed by atoms with Crippen LogP contribution in [-0.4, -0.2) is 13.0 Å². The fourth-order valence-corrected chi connectivity index (χ4v) is 1.14. The number of hydrazine groups is 1. The molecule has 0 radical (unpaired) electrons. The number of nitrogens with zero attached hydrogens (tertiary/aromatic N) is 1. The summed E-state index contributed by atoms with van der Waals surface area (Å²) < 4.78 is 29.9. The molecule has 0 aliphatic heterocycles. The topological polar surface area (TPSA) is 110 Å². The molecular weight excluding hydrogens is 230 g/mol. The molecule has 1 rings (SSSR count). The predicted molar refractivity (Wildman–Crippen MR) is 56.3 cm³/mol. The molecule has 80 valence electrons. The molecule has 0 atom stereocenters. The average Bonchev–Trinajstić information content (AvgIpc) is 2.03. The Morgan fingerprint density at radius 2 is 1.64 bits per heavy atom. The maximum absolute atomic E-state index is 10.5. The van der Waals surface area contributed by atoms with Gasteiger partial charge in [0.1, 0.15) is 0 Å². The van der Waals surface area contributed by atoms with Crippen LogP contribution in [0.5, 0.6) is 0 Å². The van der Waals surface area contributed by atoms with Gasteiger partial charge in [-0.15, -0.1) is 12.4 Å². The normalized spacial score (nSPS) is 10.4. The predicted octanol–water partition coefficient (Wildman–Crippen LogP) is 0.173. The Bertz CT molecular complexity index is 391. The molecule has 0 heterocycles. The van der Waals surface area contributed by atoms with E-state index < -0.39 is 10.3 Å². The smallest absolute Gasteiger partial charge is 0.373 e. The highest BCUT2D eigenvalue weighted by molar-refractivity contribution is 7.87. The summed E-state index contributed by atoms with van der Waals surface area (Å²) in [6.45, 7) is 0. The van der Waals surface area contributed by atoms with Gasteiger partial charge >= 0.3 is 10.3 Å². The highest BCUT2D eigenvalue weighted by Crippen LogP contribution is 2.15. The lowest BCUT2D eigenvalue weighted by Crippen LogP contribution is -2.36. The van der Waals surface area contributed by atoms with Crippen molar-refractivity contribution in [1.82, 2.24) is 0 Å². The van der Waals surface area contributed by atoms with E-state index in [1.165, 1.54) is 24.3 Å². The van der Waals surface area contributed by atoms with E-state index in [0.29, 0.717) is 5.69 Å². The lowest BCUT2D eigenvalue weighted by Gasteiger charge is -2.13. The van der Waals surface area contributed by atoms with Crippen molar-refractivity contribution in [3.63, 3.8) is 0 Å². The first kappa shape index (κ1) is 13.0. The molecule has 14 heavy (non-hydrogen) atoms. The molecule has 1 aromatic rings. The third-order valence-electron chi connectivity index (χ3n) is 1.40. The van der Waals surface area contributed by atoms with Crippen LogP contribution >= 0.6 is 12.4 Å². The number of nitrogen functional groups attached to an aromatic ring is 1. The Kier molecular flexibility index (Phi) is 4.14. The molecule has 0 amide bonds. The average molecular weight is 240 g/mol. The van der Waals surface area contributed by atoms with E-state index in [1.807, 2.05) is 0 Å². The molecule has 0 aliphatic rings. The van der Waals surface area contributed by atoms with Crippen LogP contribution < -0.4 is 16.0 Å². The van der Waals surface area contributed by atoms with Crippen LogP contribution in [0, 0.1) is 0 Å². The quantitative estimate of drug-likeness (QED) is 0.295. The van der Waals surface area contributed by atoms with Crippen LogP contribution in [0.15, 0.2) is 24.3 Å². The van der Waals surface area contributed by atoms with Gasteiger partial charge in [-0.2, -0.15) is 12.8 Å². The zero-order valence-corrected chi connectivity index (χ0v) is 8.62. The van der Waals surface area contributed by atoms with Crippen molar-refractivity contribution in [3.8, 4) is 0 Å². The van der Waals surface area contributed by atoms with Gasteiger partial charge in [0.25, 0.3) is 0 Å². The van der Waals surface area contributed by atoms with Crippen molar-refractivity contribution in [2.24, 2.45) is 5.84 Å². The van der Waals surface area contributed by atoms with Gasteiger partial charge < -0.3 is 5.73 Å². The van der Waals surface area contributed by atoms with Crippen molar-refractivity contribution in [2.45, 2.75) is 0 Å². The molecule has 0 aliphatic carbocycles. The van der Waals surface area contributed by atoms with Gasteiger partial charge in [-0.3, -0.25) is 4.55 Å². The molecule has 0 fully saturated rings. The Morgan fingerprint density at radius 3 is 2.00 bits per heavy atom. The number of benzene rings is 1. The summed E-state index contributed by atoms with van der Waals surface area (Å²) in [7, 11) is -4.40. The second-order valence-electron chi connectivity index (χ2n) is 2.37. The van der Waals surface area contributed by atoms with E-state index in [1.54, 1.807) is 0 Å². The van der Waals surface area contributed by atoms with Crippen molar-refractivity contribution in [2.75, 3.05) is 10.1 Å². The van der Waals surface area contributed by atoms with Crippen molar-refractivity contribution >= 4 is 34.1 Å². The zero-order chi connectivity index (χ0) is 10.1. The van der Waals surface area contributed by atoms with E-state index >= 15 is 0 Å². The van der Waals surface area contributed by atoms with Gasteiger partial charge in [0.15, 0.2) is 0 Å². The minimum absolute atomic E-state index is 0. The Morgan fingerprint density at radius 1 is 1.21 bits per heavy atom. The number of nitrogens with two attached hydrogens (primary N) is 2. The van der Waals surface area contributed by atoms with Gasteiger partial charge in [-0.25, -0.2) is 5.84 Å². The van der Waals surface area contributed by atoms with Crippen LogP contribution in [0.4, 0.5) is 11.4 Å². The summed E-state index contributed by atoms with van der Waals surface area (Å²) in [6, 6.07) is 5.70. The largest absolute Gasteiger partial charge is 0.399 e. The monoisotopic (exact) mass is 239 g/mol. The summed E-state index contributed by atoms with van der Waals surface area (Å²) in [5.41, 5.74) is 5.98. The first-order chi connectivity index (χ1) is 5.91. The highest BCUT2D eigenvalue weighted by Gasteiger charge is 2.14. The molecule has 0 unspecified atom stereocenters. The Balaban J connectivity index is 0.00000169. The third kappa shape index (κ3) is 3.04. The van der Waals surface area contributed by atoms with E-state index in [9.17, 15) is 8.42 Å². The maximum atomic E-state index is 10.5. The van der Waals surface area contributed by atoms with Crippen molar-refractivity contribution in [3.05, 3.63) is 24.3 Å². The Hall–Kier alpha value is -1.02. The van der Waals surface area contributed by atoms with E-state index in [2.05, 4.69) is 0 Å². The van der Waals surface area contributed by atoms with Gasteiger partial charge in [0.2, 0.25) is 0 Å². The summed E-state index contributed by atoms with van der Waals surface area (Å²) >= 11 is 0. The molecule has 0 spiro atoms. The SMILES string of the molecule is Cl.Nc1ccc(N(N)S(=O)(=O)O)cc1. The molecular formula is C6H10ClN3O3S. The van der Waals surface area contributed by atoms with E-state index in [4.69, 9.17) is 16.1 Å². The number of hydrogen-bond donors (Lipinski definition) is 3. The second kappa shape index (κ2) is 4.47. The molecule has 0 saturated heterocycles. The minimum Gasteiger partial charge on any atom is -0.399 e. The first-order valence-electron chi connectivity index (χ1n) is 3.29. The third-order valence-corrected chi connectivity index (χ3v) is 2.10. The lowest BCUT2D eigenvalue weighted by molar-refractivity contribution is 0.478. The summed E-state index contributed by atoms with van der Waals surface area (Å²) in [4.78, 5) is 0. The van der Waals surface area contributed by atoms with Gasteiger partial charge in [0, 0.05) is 5.69 Å². The zero-order valence-electron chi connectivity index (χ0n) is 6.99. The molecule has 0 aromatic heterocycles. The molecule has 0 saturated carbocycles. The summed E-state index contributed by atoms with van der Waals surface area (Å²) in [5.74, 6) is 5.08. The minimum atomic E-state index is -4.40. The molecule has 6 nitrogen and oxygen atoms in total. The van der Waals surface area contributed by atoms with Gasteiger partial charge in [-0.1, -0.05) is 0 Å². The van der Waals surface area contributed by atoms with Gasteiger partial charge in [0.05, 0.1) is 5.69 Å². The second-order valence-corrected chi connectivity index (χ2v) is 3.65. The summed E-state index contributed by atoms with van der Waals surface area (Å²) in [6.07, 6.45) is 0. The maximum Gasteiger partial charge on any atom is 0.373 e. The van der Waals surface area contributed by atoms with Crippen LogP contribution in [0.1, 0.15) is 0 Å². The fraction of sp³-hybridized carbons (Fsp3) is 0. The number of anilines is 2. The standard InChI is InChI=1S/C6H9N3O3S.ClH/c7-5-1-3-6(4-2-5)9(8)13(10,11)12;/h1-4H,7-8H2,(H,10,11,12);1H. The fourth-order valence-electron chi connectivity index (χ4n) is 0.754. The van der Waals surface area contributed by atoms with Crippen molar-refractivity contribution in [1.29, 1.82) is 0 Å². The van der Waals surface area contributed by atoms with E-state index in [0.717, 1.165) is 0 Å². The lowest BCUT2D eigenvalue weighted by atomic mass is 10.3.